The number of carbonyl (C=O) groups is 1. The SMILES string of the molecule is CCOC(=O)C1=C(C)N=c2s/c(=C/c3cc(C)n(-c4ccc(C(C)(C)C)cc4)c3C)c(=O)n2[C@@H]1c1ccc(C)cc1. The molecule has 212 valence electrons. The Bertz CT molecular complexity index is 1840. The average molecular weight is 568 g/mol. The van der Waals surface area contributed by atoms with Gasteiger partial charge in [-0.3, -0.25) is 9.36 Å². The molecule has 5 rings (SSSR count). The van der Waals surface area contributed by atoms with Crippen molar-refractivity contribution in [2.24, 2.45) is 4.99 Å². The molecule has 41 heavy (non-hydrogen) atoms. The van der Waals surface area contributed by atoms with Crippen molar-refractivity contribution in [1.82, 2.24) is 9.13 Å². The van der Waals surface area contributed by atoms with Crippen molar-refractivity contribution >= 4 is 23.4 Å². The summed E-state index contributed by atoms with van der Waals surface area (Å²) in [5.74, 6) is -0.449. The van der Waals surface area contributed by atoms with Gasteiger partial charge in [0.2, 0.25) is 0 Å². The van der Waals surface area contributed by atoms with Crippen LogP contribution in [0.5, 0.6) is 0 Å². The zero-order valence-corrected chi connectivity index (χ0v) is 25.8. The summed E-state index contributed by atoms with van der Waals surface area (Å²) in [6.45, 7) is 16.6. The van der Waals surface area contributed by atoms with Gasteiger partial charge < -0.3 is 9.30 Å². The highest BCUT2D eigenvalue weighted by Gasteiger charge is 2.33. The summed E-state index contributed by atoms with van der Waals surface area (Å²) < 4.78 is 9.84. The minimum absolute atomic E-state index is 0.0839. The molecule has 4 aromatic rings. The van der Waals surface area contributed by atoms with E-state index in [2.05, 4.69) is 69.5 Å². The van der Waals surface area contributed by atoms with Crippen LogP contribution in [-0.4, -0.2) is 21.7 Å². The molecule has 2 aromatic carbocycles. The fourth-order valence-electron chi connectivity index (χ4n) is 5.44. The van der Waals surface area contributed by atoms with Crippen molar-refractivity contribution < 1.29 is 9.53 Å². The van der Waals surface area contributed by atoms with Crippen molar-refractivity contribution in [2.45, 2.75) is 66.8 Å². The molecule has 0 amide bonds. The van der Waals surface area contributed by atoms with Gasteiger partial charge in [-0.1, -0.05) is 74.1 Å². The van der Waals surface area contributed by atoms with Crippen LogP contribution in [0.25, 0.3) is 11.8 Å². The molecular weight excluding hydrogens is 530 g/mol. The molecule has 2 aromatic heterocycles. The number of hydrogen-bond donors (Lipinski definition) is 0. The number of thiazole rings is 1. The summed E-state index contributed by atoms with van der Waals surface area (Å²) in [7, 11) is 0. The molecule has 0 unspecified atom stereocenters. The minimum Gasteiger partial charge on any atom is -0.463 e. The second kappa shape index (κ2) is 10.8. The van der Waals surface area contributed by atoms with E-state index in [4.69, 9.17) is 9.73 Å². The maximum Gasteiger partial charge on any atom is 0.338 e. The lowest BCUT2D eigenvalue weighted by atomic mass is 9.87. The lowest BCUT2D eigenvalue weighted by Gasteiger charge is -2.24. The summed E-state index contributed by atoms with van der Waals surface area (Å²) in [6.07, 6.45) is 1.95. The van der Waals surface area contributed by atoms with Gasteiger partial charge in [-0.15, -0.1) is 0 Å². The quantitative estimate of drug-likeness (QED) is 0.286. The van der Waals surface area contributed by atoms with Gasteiger partial charge in [-0.05, 0) is 81.0 Å². The molecule has 0 bridgehead atoms. The van der Waals surface area contributed by atoms with Crippen molar-refractivity contribution in [2.75, 3.05) is 6.61 Å². The van der Waals surface area contributed by atoms with E-state index in [0.29, 0.717) is 20.6 Å². The normalized spacial score (nSPS) is 15.6. The molecular formula is C34H37N3O3S. The topological polar surface area (TPSA) is 65.6 Å². The lowest BCUT2D eigenvalue weighted by molar-refractivity contribution is -0.139. The first-order valence-corrected chi connectivity index (χ1v) is 14.8. The average Bonchev–Trinajstić information content (AvgIpc) is 3.37. The van der Waals surface area contributed by atoms with E-state index in [-0.39, 0.29) is 17.6 Å². The fourth-order valence-corrected chi connectivity index (χ4v) is 6.48. The monoisotopic (exact) mass is 567 g/mol. The standard InChI is InChI=1S/C34H37N3O3S/c1-9-40-32(39)29-22(4)35-33-37(30(29)24-12-10-20(2)11-13-24)31(38)28(41-33)19-25-18-21(3)36(23(25)5)27-16-14-26(15-17-27)34(6,7)8/h10-19,30H,9H2,1-8H3/b28-19+/t30-/m1/s1. The summed E-state index contributed by atoms with van der Waals surface area (Å²) in [5, 5.41) is 0. The molecule has 0 radical (unpaired) electrons. The Kier molecular flexibility index (Phi) is 7.51. The largest absolute Gasteiger partial charge is 0.463 e. The second-order valence-electron chi connectivity index (χ2n) is 11.7. The number of aromatic nitrogens is 2. The molecule has 1 aliphatic rings. The van der Waals surface area contributed by atoms with Crippen molar-refractivity contribution in [3.8, 4) is 5.69 Å². The van der Waals surface area contributed by atoms with Crippen molar-refractivity contribution in [3.63, 3.8) is 0 Å². The third kappa shape index (κ3) is 5.26. The second-order valence-corrected chi connectivity index (χ2v) is 12.7. The number of fused-ring (bicyclic) bond motifs is 1. The molecule has 3 heterocycles. The first-order chi connectivity index (χ1) is 19.4. The Morgan fingerprint density at radius 1 is 1.02 bits per heavy atom. The van der Waals surface area contributed by atoms with E-state index in [1.807, 2.05) is 44.2 Å². The molecule has 1 atom stereocenters. The Hall–Kier alpha value is -3.97. The minimum atomic E-state index is -0.609. The van der Waals surface area contributed by atoms with Gasteiger partial charge in [0.25, 0.3) is 5.56 Å². The molecule has 0 fully saturated rings. The van der Waals surface area contributed by atoms with Crippen LogP contribution in [0.1, 0.15) is 74.3 Å². The number of benzene rings is 2. The van der Waals surface area contributed by atoms with Crippen LogP contribution in [0.3, 0.4) is 0 Å². The van der Waals surface area contributed by atoms with Crippen LogP contribution in [0.15, 0.2) is 75.7 Å². The van der Waals surface area contributed by atoms with E-state index in [1.165, 1.54) is 16.9 Å². The molecule has 0 N–H and O–H groups in total. The van der Waals surface area contributed by atoms with Crippen LogP contribution >= 0.6 is 11.3 Å². The summed E-state index contributed by atoms with van der Waals surface area (Å²) in [6, 6.07) is 18.1. The van der Waals surface area contributed by atoms with Gasteiger partial charge in [0.1, 0.15) is 0 Å². The summed E-state index contributed by atoms with van der Waals surface area (Å²) >= 11 is 1.35. The van der Waals surface area contributed by atoms with E-state index in [1.54, 1.807) is 11.5 Å². The molecule has 1 aliphatic heterocycles. The predicted octanol–water partition coefficient (Wildman–Crippen LogP) is 5.81. The van der Waals surface area contributed by atoms with Gasteiger partial charge in [0, 0.05) is 17.1 Å². The highest BCUT2D eigenvalue weighted by atomic mass is 32.1. The highest BCUT2D eigenvalue weighted by molar-refractivity contribution is 7.07. The van der Waals surface area contributed by atoms with Crippen molar-refractivity contribution in [3.05, 3.63) is 119 Å². The maximum atomic E-state index is 14.0. The van der Waals surface area contributed by atoms with Gasteiger partial charge in [0.05, 0.1) is 28.5 Å². The number of carbonyl (C=O) groups excluding carboxylic acids is 1. The first-order valence-electron chi connectivity index (χ1n) is 14.0. The van der Waals surface area contributed by atoms with Crippen LogP contribution in [0.2, 0.25) is 0 Å². The number of allylic oxidation sites excluding steroid dienone is 1. The van der Waals surface area contributed by atoms with Crippen LogP contribution in [0, 0.1) is 20.8 Å². The third-order valence-corrected chi connectivity index (χ3v) is 8.64. The van der Waals surface area contributed by atoms with Gasteiger partial charge in [-0.25, -0.2) is 9.79 Å². The van der Waals surface area contributed by atoms with Crippen LogP contribution < -0.4 is 14.9 Å². The Labute approximate surface area is 245 Å². The van der Waals surface area contributed by atoms with Gasteiger partial charge in [0.15, 0.2) is 4.80 Å². The molecule has 7 heteroatoms. The fraction of sp³-hybridized carbons (Fsp3) is 0.324. The van der Waals surface area contributed by atoms with E-state index >= 15 is 0 Å². The smallest absolute Gasteiger partial charge is 0.338 e. The predicted molar refractivity (Wildman–Crippen MR) is 166 cm³/mol. The zero-order chi connectivity index (χ0) is 29.6. The highest BCUT2D eigenvalue weighted by Crippen LogP contribution is 2.31. The Balaban J connectivity index is 1.64. The number of nitrogens with zero attached hydrogens (tertiary/aromatic N) is 3. The lowest BCUT2D eigenvalue weighted by Crippen LogP contribution is -2.39. The number of esters is 1. The number of hydrogen-bond acceptors (Lipinski definition) is 5. The first kappa shape index (κ1) is 28.6. The van der Waals surface area contributed by atoms with Gasteiger partial charge in [-0.2, -0.15) is 0 Å². The maximum absolute atomic E-state index is 14.0. The number of aryl methyl sites for hydroxylation is 2. The van der Waals surface area contributed by atoms with Crippen molar-refractivity contribution in [1.29, 1.82) is 0 Å². The zero-order valence-electron chi connectivity index (χ0n) is 25.0. The van der Waals surface area contributed by atoms with E-state index in [9.17, 15) is 9.59 Å². The molecule has 0 saturated carbocycles. The molecule has 6 nitrogen and oxygen atoms in total. The van der Waals surface area contributed by atoms with E-state index < -0.39 is 12.0 Å². The van der Waals surface area contributed by atoms with Crippen LogP contribution in [0.4, 0.5) is 0 Å². The number of ether oxygens (including phenoxy) is 1. The summed E-state index contributed by atoms with van der Waals surface area (Å²) in [4.78, 5) is 32.4. The van der Waals surface area contributed by atoms with E-state index in [0.717, 1.165) is 33.8 Å². The Morgan fingerprint density at radius 3 is 2.29 bits per heavy atom. The molecule has 0 aliphatic carbocycles. The van der Waals surface area contributed by atoms with Crippen LogP contribution in [-0.2, 0) is 14.9 Å². The Morgan fingerprint density at radius 2 is 1.68 bits per heavy atom. The third-order valence-electron chi connectivity index (χ3n) is 7.66. The summed E-state index contributed by atoms with van der Waals surface area (Å²) in [5.41, 5.74) is 8.30. The molecule has 0 spiro atoms. The van der Waals surface area contributed by atoms with Gasteiger partial charge >= 0.3 is 5.97 Å². The molecule has 0 saturated heterocycles. The number of rotatable bonds is 5.